The zero-order chi connectivity index (χ0) is 27.4. The lowest BCUT2D eigenvalue weighted by Crippen LogP contribution is -1.95. The van der Waals surface area contributed by atoms with E-state index in [4.69, 9.17) is 4.98 Å². The van der Waals surface area contributed by atoms with Gasteiger partial charge in [-0.1, -0.05) is 97.1 Å². The minimum atomic E-state index is 1.00. The van der Waals surface area contributed by atoms with Gasteiger partial charge in [0.15, 0.2) is 0 Å². The maximum atomic E-state index is 5.10. The molecule has 0 atom stereocenters. The molecule has 0 radical (unpaired) electrons. The number of aromatic nitrogens is 3. The van der Waals surface area contributed by atoms with Crippen LogP contribution in [0.15, 0.2) is 140 Å². The van der Waals surface area contributed by atoms with Crippen molar-refractivity contribution in [3.63, 3.8) is 0 Å². The van der Waals surface area contributed by atoms with Crippen molar-refractivity contribution in [3.8, 4) is 5.69 Å². The van der Waals surface area contributed by atoms with E-state index in [2.05, 4.69) is 148 Å². The monoisotopic (exact) mass is 533 g/mol. The summed E-state index contributed by atoms with van der Waals surface area (Å²) in [4.78, 5) is 5.10. The molecule has 0 aliphatic carbocycles. The van der Waals surface area contributed by atoms with Crippen LogP contribution in [-0.4, -0.2) is 14.0 Å². The molecule has 7 aromatic carbocycles. The SMILES string of the molecule is c1ccc2c(c1)ccc1cc(-n3c4ccccc4c4cc5c(cc43)c3ccccc3c3nc4ccccc4n53)ccc12. The lowest BCUT2D eigenvalue weighted by atomic mass is 10.0. The second-order valence-electron chi connectivity index (χ2n) is 11.2. The van der Waals surface area contributed by atoms with Crippen LogP contribution in [0.2, 0.25) is 0 Å². The Morgan fingerprint density at radius 1 is 0.381 bits per heavy atom. The molecule has 0 spiro atoms. The van der Waals surface area contributed by atoms with E-state index in [-0.39, 0.29) is 0 Å². The maximum Gasteiger partial charge on any atom is 0.146 e. The fourth-order valence-corrected chi connectivity index (χ4v) is 7.19. The fourth-order valence-electron chi connectivity index (χ4n) is 7.19. The summed E-state index contributed by atoms with van der Waals surface area (Å²) in [7, 11) is 0. The van der Waals surface area contributed by atoms with Gasteiger partial charge in [0.05, 0.1) is 27.6 Å². The first-order chi connectivity index (χ1) is 20.8. The number of hydrogen-bond acceptors (Lipinski definition) is 1. The van der Waals surface area contributed by atoms with Gasteiger partial charge in [-0.05, 0) is 69.4 Å². The number of benzene rings is 7. The van der Waals surface area contributed by atoms with Crippen LogP contribution in [-0.2, 0) is 0 Å². The summed E-state index contributed by atoms with van der Waals surface area (Å²) >= 11 is 0. The van der Waals surface area contributed by atoms with Crippen molar-refractivity contribution in [2.24, 2.45) is 0 Å². The Balaban J connectivity index is 1.38. The molecule has 42 heavy (non-hydrogen) atoms. The van der Waals surface area contributed by atoms with E-state index in [0.717, 1.165) is 16.7 Å². The van der Waals surface area contributed by atoms with E-state index in [1.165, 1.54) is 70.7 Å². The van der Waals surface area contributed by atoms with E-state index >= 15 is 0 Å². The van der Waals surface area contributed by atoms with Crippen LogP contribution in [0.1, 0.15) is 0 Å². The zero-order valence-electron chi connectivity index (χ0n) is 22.6. The summed E-state index contributed by atoms with van der Waals surface area (Å²) in [5.74, 6) is 0. The molecule has 0 fully saturated rings. The molecule has 3 nitrogen and oxygen atoms in total. The van der Waals surface area contributed by atoms with Crippen LogP contribution in [0.3, 0.4) is 0 Å². The molecule has 0 bridgehead atoms. The molecule has 0 saturated carbocycles. The van der Waals surface area contributed by atoms with Crippen LogP contribution in [0, 0.1) is 0 Å². The zero-order valence-corrected chi connectivity index (χ0v) is 22.6. The molecule has 3 aromatic heterocycles. The summed E-state index contributed by atoms with van der Waals surface area (Å²) < 4.78 is 4.78. The van der Waals surface area contributed by atoms with Gasteiger partial charge in [-0.15, -0.1) is 0 Å². The van der Waals surface area contributed by atoms with Gasteiger partial charge < -0.3 is 4.57 Å². The Bertz CT molecular complexity index is 2740. The minimum Gasteiger partial charge on any atom is -0.309 e. The summed E-state index contributed by atoms with van der Waals surface area (Å²) in [6.45, 7) is 0. The largest absolute Gasteiger partial charge is 0.309 e. The molecule has 0 aliphatic rings. The first-order valence-corrected chi connectivity index (χ1v) is 14.4. The Labute approximate surface area is 240 Å². The Morgan fingerprint density at radius 3 is 1.93 bits per heavy atom. The molecule has 10 aromatic rings. The van der Waals surface area contributed by atoms with E-state index < -0.39 is 0 Å². The Kier molecular flexibility index (Phi) is 4.18. The highest BCUT2D eigenvalue weighted by Gasteiger charge is 2.18. The van der Waals surface area contributed by atoms with Gasteiger partial charge in [-0.2, -0.15) is 0 Å². The Morgan fingerprint density at radius 2 is 1.02 bits per heavy atom. The molecule has 10 rings (SSSR count). The van der Waals surface area contributed by atoms with Gasteiger partial charge in [0, 0.05) is 27.2 Å². The average molecular weight is 534 g/mol. The van der Waals surface area contributed by atoms with E-state index in [0.29, 0.717) is 0 Å². The molecule has 0 amide bonds. The summed E-state index contributed by atoms with van der Waals surface area (Å²) in [6, 6.07) is 50.7. The van der Waals surface area contributed by atoms with Crippen LogP contribution < -0.4 is 0 Å². The summed E-state index contributed by atoms with van der Waals surface area (Å²) in [6.07, 6.45) is 0. The van der Waals surface area contributed by atoms with Gasteiger partial charge in [0.2, 0.25) is 0 Å². The van der Waals surface area contributed by atoms with Gasteiger partial charge in [-0.3, -0.25) is 4.40 Å². The van der Waals surface area contributed by atoms with Gasteiger partial charge in [0.1, 0.15) is 5.65 Å². The van der Waals surface area contributed by atoms with Crippen molar-refractivity contribution < 1.29 is 0 Å². The van der Waals surface area contributed by atoms with Crippen molar-refractivity contribution in [2.75, 3.05) is 0 Å². The molecule has 0 saturated heterocycles. The predicted molar refractivity (Wildman–Crippen MR) is 177 cm³/mol. The van der Waals surface area contributed by atoms with E-state index in [9.17, 15) is 0 Å². The molecule has 3 heteroatoms. The first kappa shape index (κ1) is 22.1. The van der Waals surface area contributed by atoms with Gasteiger partial charge in [-0.25, -0.2) is 4.98 Å². The number of fused-ring (bicyclic) bond motifs is 14. The van der Waals surface area contributed by atoms with Crippen molar-refractivity contribution in [2.45, 2.75) is 0 Å². The summed E-state index contributed by atoms with van der Waals surface area (Å²) in [5.41, 5.74) is 7.91. The number of para-hydroxylation sites is 3. The van der Waals surface area contributed by atoms with Crippen molar-refractivity contribution in [1.82, 2.24) is 14.0 Å². The minimum absolute atomic E-state index is 1.00. The second kappa shape index (κ2) is 7.96. The van der Waals surface area contributed by atoms with Crippen LogP contribution in [0.4, 0.5) is 0 Å². The van der Waals surface area contributed by atoms with Crippen LogP contribution >= 0.6 is 0 Å². The highest BCUT2D eigenvalue weighted by Crippen LogP contribution is 2.39. The number of pyridine rings is 1. The first-order valence-electron chi connectivity index (χ1n) is 14.4. The topological polar surface area (TPSA) is 22.2 Å². The number of rotatable bonds is 1. The molecule has 0 unspecified atom stereocenters. The molecule has 0 N–H and O–H groups in total. The van der Waals surface area contributed by atoms with Crippen LogP contribution in [0.5, 0.6) is 0 Å². The number of nitrogens with zero attached hydrogens (tertiary/aromatic N) is 3. The lowest BCUT2D eigenvalue weighted by molar-refractivity contribution is 1.19. The van der Waals surface area contributed by atoms with Crippen molar-refractivity contribution >= 4 is 81.7 Å². The highest BCUT2D eigenvalue weighted by atomic mass is 15.0. The standard InChI is InChI=1S/C39H23N3/c1-2-10-27-24(9-1)17-18-25-21-26(19-20-28(25)27)41-35-15-7-5-12-30(35)33-23-38-32(22-37(33)41)29-11-3-4-13-31(29)39-40-34-14-6-8-16-36(34)42(38)39/h1-23H. The van der Waals surface area contributed by atoms with Crippen molar-refractivity contribution in [1.29, 1.82) is 0 Å². The third kappa shape index (κ3) is 2.82. The molecule has 0 aliphatic heterocycles. The molecule has 194 valence electrons. The van der Waals surface area contributed by atoms with Gasteiger partial charge in [0.25, 0.3) is 0 Å². The fraction of sp³-hybridized carbons (Fsp3) is 0. The Hall–Kier alpha value is -5.67. The van der Waals surface area contributed by atoms with Crippen molar-refractivity contribution in [3.05, 3.63) is 140 Å². The predicted octanol–water partition coefficient (Wildman–Crippen LogP) is 10.2. The van der Waals surface area contributed by atoms with Crippen LogP contribution in [0.25, 0.3) is 87.4 Å². The quantitative estimate of drug-likeness (QED) is 0.192. The third-order valence-electron chi connectivity index (χ3n) is 9.04. The molecular weight excluding hydrogens is 510 g/mol. The number of imidazole rings is 1. The number of hydrogen-bond donors (Lipinski definition) is 0. The normalized spacial score (nSPS) is 12.3. The van der Waals surface area contributed by atoms with E-state index in [1.807, 2.05) is 0 Å². The smallest absolute Gasteiger partial charge is 0.146 e. The third-order valence-corrected chi connectivity index (χ3v) is 9.04. The van der Waals surface area contributed by atoms with Gasteiger partial charge >= 0.3 is 0 Å². The maximum absolute atomic E-state index is 5.10. The lowest BCUT2D eigenvalue weighted by Gasteiger charge is -2.13. The molecule has 3 heterocycles. The summed E-state index contributed by atoms with van der Waals surface area (Å²) in [5, 5.41) is 11.2. The highest BCUT2D eigenvalue weighted by molar-refractivity contribution is 6.20. The second-order valence-corrected chi connectivity index (χ2v) is 11.2. The average Bonchev–Trinajstić information content (AvgIpc) is 3.60. The molecular formula is C39H23N3. The van der Waals surface area contributed by atoms with E-state index in [1.54, 1.807) is 0 Å².